The second-order valence-corrected chi connectivity index (χ2v) is 6.98. The monoisotopic (exact) mass is 439 g/mol. The zero-order valence-corrected chi connectivity index (χ0v) is 16.3. The van der Waals surface area contributed by atoms with Crippen molar-refractivity contribution in [2.75, 3.05) is 25.0 Å². The van der Waals surface area contributed by atoms with Gasteiger partial charge < -0.3 is 24.7 Å². The number of halogens is 3. The number of rotatable bonds is 5. The second kappa shape index (κ2) is 9.54. The topological polar surface area (TPSA) is 101 Å². The number of nitrogens with zero attached hydrogens (tertiary/aromatic N) is 1. The van der Waals surface area contributed by atoms with Gasteiger partial charge in [-0.15, -0.1) is 13.2 Å². The third-order valence-corrected chi connectivity index (χ3v) is 4.77. The Labute approximate surface area is 175 Å². The molecule has 166 valence electrons. The molecule has 0 radical (unpaired) electrons. The molecule has 0 atom stereocenters. The van der Waals surface area contributed by atoms with Crippen molar-refractivity contribution in [2.45, 2.75) is 19.2 Å². The fraction of sp³-hybridized carbons (Fsp3) is 0.350. The van der Waals surface area contributed by atoms with Crippen LogP contribution in [-0.4, -0.2) is 48.6 Å². The number of benzene rings is 1. The summed E-state index contributed by atoms with van der Waals surface area (Å²) in [7, 11) is 0. The Balaban J connectivity index is 1.39. The second-order valence-electron chi connectivity index (χ2n) is 6.98. The minimum absolute atomic E-state index is 0.109. The molecule has 31 heavy (non-hydrogen) atoms. The molecule has 8 nitrogen and oxygen atoms in total. The highest BCUT2D eigenvalue weighted by atomic mass is 19.4. The number of carbonyl (C=O) groups is 3. The molecule has 1 aliphatic heterocycles. The number of nitrogens with one attached hydrogen (secondary N) is 2. The fourth-order valence-electron chi connectivity index (χ4n) is 3.15. The number of alkyl halides is 3. The normalized spacial score (nSPS) is 14.7. The molecule has 0 spiro atoms. The maximum atomic E-state index is 12.3. The van der Waals surface area contributed by atoms with E-state index in [9.17, 15) is 27.6 Å². The molecule has 11 heteroatoms. The predicted molar refractivity (Wildman–Crippen MR) is 102 cm³/mol. The molecule has 0 unspecified atom stereocenters. The summed E-state index contributed by atoms with van der Waals surface area (Å²) in [5.74, 6) is -2.22. The third kappa shape index (κ3) is 6.49. The van der Waals surface area contributed by atoms with E-state index in [0.29, 0.717) is 31.5 Å². The highest BCUT2D eigenvalue weighted by Gasteiger charge is 2.31. The molecule has 2 N–H and O–H groups in total. The number of furan rings is 1. The van der Waals surface area contributed by atoms with Gasteiger partial charge in [-0.3, -0.25) is 14.4 Å². The Morgan fingerprint density at radius 2 is 1.74 bits per heavy atom. The van der Waals surface area contributed by atoms with Gasteiger partial charge in [0.1, 0.15) is 12.0 Å². The van der Waals surface area contributed by atoms with Gasteiger partial charge in [0, 0.05) is 25.3 Å². The lowest BCUT2D eigenvalue weighted by Gasteiger charge is -2.31. The lowest BCUT2D eigenvalue weighted by Crippen LogP contribution is -2.43. The number of amides is 3. The quantitative estimate of drug-likeness (QED) is 0.698. The van der Waals surface area contributed by atoms with Crippen LogP contribution in [-0.2, 0) is 9.59 Å². The SMILES string of the molecule is O=C(NCC1CCN(C(=O)c2ccoc2)CC1)C(=O)Nc1ccc(OC(F)(F)F)cc1. The van der Waals surface area contributed by atoms with Crippen molar-refractivity contribution in [3.05, 3.63) is 48.4 Å². The van der Waals surface area contributed by atoms with E-state index in [0.717, 1.165) is 12.1 Å². The van der Waals surface area contributed by atoms with Crippen LogP contribution in [0.5, 0.6) is 5.75 Å². The van der Waals surface area contributed by atoms with Crippen molar-refractivity contribution in [1.29, 1.82) is 0 Å². The molecule has 0 saturated carbocycles. The van der Waals surface area contributed by atoms with E-state index in [2.05, 4.69) is 15.4 Å². The maximum Gasteiger partial charge on any atom is 0.573 e. The molecule has 3 amide bonds. The van der Waals surface area contributed by atoms with Gasteiger partial charge in [-0.25, -0.2) is 0 Å². The van der Waals surface area contributed by atoms with E-state index in [1.54, 1.807) is 11.0 Å². The van der Waals surface area contributed by atoms with Crippen LogP contribution >= 0.6 is 0 Å². The largest absolute Gasteiger partial charge is 0.573 e. The van der Waals surface area contributed by atoms with Crippen LogP contribution < -0.4 is 15.4 Å². The highest BCUT2D eigenvalue weighted by Crippen LogP contribution is 2.24. The van der Waals surface area contributed by atoms with Crippen LogP contribution in [0.25, 0.3) is 0 Å². The Kier molecular flexibility index (Phi) is 6.83. The van der Waals surface area contributed by atoms with Crippen LogP contribution in [0.1, 0.15) is 23.2 Å². The number of hydrogen-bond acceptors (Lipinski definition) is 5. The molecule has 1 saturated heterocycles. The Morgan fingerprint density at radius 1 is 1.06 bits per heavy atom. The summed E-state index contributed by atoms with van der Waals surface area (Å²) in [5, 5.41) is 4.85. The molecule has 2 aromatic rings. The van der Waals surface area contributed by atoms with E-state index in [1.807, 2.05) is 0 Å². The van der Waals surface area contributed by atoms with Gasteiger partial charge in [-0.1, -0.05) is 0 Å². The van der Waals surface area contributed by atoms with Crippen molar-refractivity contribution in [1.82, 2.24) is 10.2 Å². The first-order valence-corrected chi connectivity index (χ1v) is 9.48. The lowest BCUT2D eigenvalue weighted by molar-refractivity contribution is -0.274. The first kappa shape index (κ1) is 22.2. The van der Waals surface area contributed by atoms with E-state index < -0.39 is 23.9 Å². The number of ether oxygens (including phenoxy) is 1. The summed E-state index contributed by atoms with van der Waals surface area (Å²) in [6.07, 6.45) is -0.638. The van der Waals surface area contributed by atoms with Gasteiger partial charge in [0.2, 0.25) is 0 Å². The van der Waals surface area contributed by atoms with Crippen LogP contribution in [0.4, 0.5) is 18.9 Å². The molecule has 0 bridgehead atoms. The van der Waals surface area contributed by atoms with Gasteiger partial charge in [0.15, 0.2) is 0 Å². The van der Waals surface area contributed by atoms with E-state index in [-0.39, 0.29) is 24.1 Å². The summed E-state index contributed by atoms with van der Waals surface area (Å²) in [4.78, 5) is 38.0. The zero-order chi connectivity index (χ0) is 22.4. The summed E-state index contributed by atoms with van der Waals surface area (Å²) in [6, 6.07) is 6.04. The van der Waals surface area contributed by atoms with Gasteiger partial charge in [-0.2, -0.15) is 0 Å². The van der Waals surface area contributed by atoms with Crippen molar-refractivity contribution in [3.63, 3.8) is 0 Å². The average molecular weight is 439 g/mol. The Bertz CT molecular complexity index is 905. The Morgan fingerprint density at radius 3 is 2.32 bits per heavy atom. The smallest absolute Gasteiger partial charge is 0.472 e. The van der Waals surface area contributed by atoms with E-state index in [1.165, 1.54) is 24.7 Å². The van der Waals surface area contributed by atoms with Crippen molar-refractivity contribution >= 4 is 23.4 Å². The van der Waals surface area contributed by atoms with E-state index >= 15 is 0 Å². The fourth-order valence-corrected chi connectivity index (χ4v) is 3.15. The number of likely N-dealkylation sites (tertiary alicyclic amines) is 1. The van der Waals surface area contributed by atoms with Gasteiger partial charge in [-0.05, 0) is 49.1 Å². The van der Waals surface area contributed by atoms with Crippen molar-refractivity contribution < 1.29 is 36.7 Å². The third-order valence-electron chi connectivity index (χ3n) is 4.77. The molecule has 1 aromatic carbocycles. The molecule has 3 rings (SSSR count). The maximum absolute atomic E-state index is 12.3. The molecule has 1 fully saturated rings. The summed E-state index contributed by atoms with van der Waals surface area (Å²) in [6.45, 7) is 1.34. The Hall–Kier alpha value is -3.50. The summed E-state index contributed by atoms with van der Waals surface area (Å²) in [5.41, 5.74) is 0.641. The van der Waals surface area contributed by atoms with Gasteiger partial charge >= 0.3 is 18.2 Å². The van der Waals surface area contributed by atoms with Crippen LogP contribution in [0.3, 0.4) is 0 Å². The molecule has 1 aromatic heterocycles. The molecule has 2 heterocycles. The number of anilines is 1. The van der Waals surface area contributed by atoms with Gasteiger partial charge in [0.05, 0.1) is 11.8 Å². The molecule has 0 aliphatic carbocycles. The van der Waals surface area contributed by atoms with E-state index in [4.69, 9.17) is 4.42 Å². The average Bonchev–Trinajstić information content (AvgIpc) is 3.27. The zero-order valence-electron chi connectivity index (χ0n) is 16.3. The standard InChI is InChI=1S/C20H20F3N3O5/c21-20(22,23)31-16-3-1-15(2-4-16)25-18(28)17(27)24-11-13-5-8-26(9-6-13)19(29)14-7-10-30-12-14/h1-4,7,10,12-13H,5-6,8-9,11H2,(H,24,27)(H,25,28). The van der Waals surface area contributed by atoms with Crippen molar-refractivity contribution in [3.8, 4) is 5.75 Å². The molecular weight excluding hydrogens is 419 g/mol. The first-order valence-electron chi connectivity index (χ1n) is 9.48. The number of piperidine rings is 1. The van der Waals surface area contributed by atoms with Crippen molar-refractivity contribution in [2.24, 2.45) is 5.92 Å². The van der Waals surface area contributed by atoms with Crippen LogP contribution in [0.15, 0.2) is 47.3 Å². The summed E-state index contributed by atoms with van der Waals surface area (Å²) < 4.78 is 45.1. The van der Waals surface area contributed by atoms with Gasteiger partial charge in [0.25, 0.3) is 5.91 Å². The molecular formula is C20H20F3N3O5. The van der Waals surface area contributed by atoms with Crippen LogP contribution in [0, 0.1) is 5.92 Å². The first-order chi connectivity index (χ1) is 14.7. The minimum Gasteiger partial charge on any atom is -0.472 e. The summed E-state index contributed by atoms with van der Waals surface area (Å²) >= 11 is 0. The number of carbonyl (C=O) groups excluding carboxylic acids is 3. The highest BCUT2D eigenvalue weighted by molar-refractivity contribution is 6.39. The van der Waals surface area contributed by atoms with Crippen LogP contribution in [0.2, 0.25) is 0 Å². The predicted octanol–water partition coefficient (Wildman–Crippen LogP) is 2.79. The lowest BCUT2D eigenvalue weighted by atomic mass is 9.96. The molecule has 1 aliphatic rings. The minimum atomic E-state index is -4.81. The number of hydrogen-bond donors (Lipinski definition) is 2.